The molecule has 3 heteroatoms. The molecule has 2 nitrogen and oxygen atoms in total. The fraction of sp³-hybridized carbons (Fsp3) is 0.375. The molecule has 0 amide bonds. The second-order valence-corrected chi connectivity index (χ2v) is 3.32. The Balaban J connectivity index is 2.58. The first-order valence-electron chi connectivity index (χ1n) is 3.54. The molecule has 0 aliphatic carbocycles. The lowest BCUT2D eigenvalue weighted by Crippen LogP contribution is -2.08. The quantitative estimate of drug-likeness (QED) is 0.744. The van der Waals surface area contributed by atoms with E-state index in [-0.39, 0.29) is 0 Å². The number of hydrogen-bond acceptors (Lipinski definition) is 3. The normalized spacial score (nSPS) is 12.0. The molecule has 0 radical (unpaired) electrons. The van der Waals surface area contributed by atoms with Gasteiger partial charge in [-0.25, -0.2) is 4.98 Å². The molecule has 0 saturated heterocycles. The molecule has 0 aliphatic heterocycles. The van der Waals surface area contributed by atoms with E-state index in [1.54, 1.807) is 11.3 Å². The summed E-state index contributed by atoms with van der Waals surface area (Å²) in [6.07, 6.45) is 3.92. The lowest BCUT2D eigenvalue weighted by molar-refractivity contribution is 0.884. The first-order chi connectivity index (χ1) is 5.33. The van der Waals surface area contributed by atoms with E-state index in [2.05, 4.69) is 23.3 Å². The Bertz CT molecular complexity index is 226. The van der Waals surface area contributed by atoms with Crippen molar-refractivity contribution in [3.05, 3.63) is 22.2 Å². The zero-order valence-corrected chi connectivity index (χ0v) is 7.61. The molecule has 0 atom stereocenters. The van der Waals surface area contributed by atoms with E-state index < -0.39 is 0 Å². The average Bonchev–Trinajstić information content (AvgIpc) is 2.40. The predicted octanol–water partition coefficient (Wildman–Crippen LogP) is 1.77. The molecule has 0 bridgehead atoms. The molecule has 0 aliphatic rings. The molecule has 0 spiro atoms. The Hall–Kier alpha value is -0.670. The summed E-state index contributed by atoms with van der Waals surface area (Å²) < 4.78 is 0. The molecule has 0 saturated carbocycles. The van der Waals surface area contributed by atoms with Gasteiger partial charge in [0.1, 0.15) is 5.01 Å². The van der Waals surface area contributed by atoms with Crippen molar-refractivity contribution >= 4 is 17.4 Å². The van der Waals surface area contributed by atoms with E-state index in [0.717, 1.165) is 11.6 Å². The number of rotatable bonds is 3. The summed E-state index contributed by atoms with van der Waals surface area (Å²) in [5.41, 5.74) is 1.31. The van der Waals surface area contributed by atoms with Crippen LogP contribution in [-0.4, -0.2) is 18.6 Å². The maximum atomic E-state index is 4.15. The number of hydrogen-bond donors (Lipinski definition) is 1. The van der Waals surface area contributed by atoms with Gasteiger partial charge in [-0.3, -0.25) is 0 Å². The van der Waals surface area contributed by atoms with E-state index in [1.807, 2.05) is 18.6 Å². The van der Waals surface area contributed by atoms with Crippen LogP contribution in [0.25, 0.3) is 6.08 Å². The topological polar surface area (TPSA) is 24.9 Å². The second-order valence-electron chi connectivity index (χ2n) is 2.39. The Morgan fingerprint density at radius 1 is 1.82 bits per heavy atom. The highest BCUT2D eigenvalue weighted by molar-refractivity contribution is 7.10. The van der Waals surface area contributed by atoms with Crippen molar-refractivity contribution in [1.82, 2.24) is 10.3 Å². The molecule has 0 fully saturated rings. The minimum Gasteiger partial charge on any atom is -0.316 e. The smallest absolute Gasteiger partial charge is 0.115 e. The van der Waals surface area contributed by atoms with E-state index in [0.29, 0.717) is 0 Å². The van der Waals surface area contributed by atoms with Crippen LogP contribution < -0.4 is 5.32 Å². The van der Waals surface area contributed by atoms with Gasteiger partial charge in [0.05, 0.1) is 0 Å². The maximum absolute atomic E-state index is 4.15. The molecular formula is C8H12N2S. The van der Waals surface area contributed by atoms with Gasteiger partial charge < -0.3 is 5.32 Å². The van der Waals surface area contributed by atoms with Crippen molar-refractivity contribution < 1.29 is 0 Å². The zero-order chi connectivity index (χ0) is 8.10. The SMILES string of the molecule is CNC/C(C)=C/c1nccs1. The Morgan fingerprint density at radius 2 is 2.64 bits per heavy atom. The van der Waals surface area contributed by atoms with Crippen LogP contribution in [0, 0.1) is 0 Å². The summed E-state index contributed by atoms with van der Waals surface area (Å²) in [5, 5.41) is 6.15. The van der Waals surface area contributed by atoms with Gasteiger partial charge in [-0.15, -0.1) is 11.3 Å². The van der Waals surface area contributed by atoms with Crippen molar-refractivity contribution in [3.8, 4) is 0 Å². The summed E-state index contributed by atoms with van der Waals surface area (Å²) in [5.74, 6) is 0. The number of thiazole rings is 1. The van der Waals surface area contributed by atoms with Gasteiger partial charge in [0.15, 0.2) is 0 Å². The van der Waals surface area contributed by atoms with Gasteiger partial charge in [0, 0.05) is 18.1 Å². The van der Waals surface area contributed by atoms with Crippen LogP contribution in [0.2, 0.25) is 0 Å². The van der Waals surface area contributed by atoms with Gasteiger partial charge in [0.2, 0.25) is 0 Å². The summed E-state index contributed by atoms with van der Waals surface area (Å²) in [4.78, 5) is 4.15. The van der Waals surface area contributed by atoms with Crippen molar-refractivity contribution in [2.45, 2.75) is 6.92 Å². The monoisotopic (exact) mass is 168 g/mol. The summed E-state index contributed by atoms with van der Waals surface area (Å²) in [6, 6.07) is 0. The number of nitrogens with zero attached hydrogens (tertiary/aromatic N) is 1. The summed E-state index contributed by atoms with van der Waals surface area (Å²) >= 11 is 1.66. The third-order valence-electron chi connectivity index (χ3n) is 1.28. The molecule has 1 N–H and O–H groups in total. The highest BCUT2D eigenvalue weighted by atomic mass is 32.1. The van der Waals surface area contributed by atoms with Crippen molar-refractivity contribution in [3.63, 3.8) is 0 Å². The van der Waals surface area contributed by atoms with Gasteiger partial charge in [-0.2, -0.15) is 0 Å². The molecule has 60 valence electrons. The van der Waals surface area contributed by atoms with Crippen LogP contribution in [0.5, 0.6) is 0 Å². The first kappa shape index (κ1) is 8.43. The number of aromatic nitrogens is 1. The van der Waals surface area contributed by atoms with Crippen LogP contribution in [0.15, 0.2) is 17.2 Å². The first-order valence-corrected chi connectivity index (χ1v) is 4.42. The van der Waals surface area contributed by atoms with Crippen molar-refractivity contribution in [2.24, 2.45) is 0 Å². The van der Waals surface area contributed by atoms with Gasteiger partial charge in [-0.1, -0.05) is 5.57 Å². The van der Waals surface area contributed by atoms with Crippen LogP contribution >= 0.6 is 11.3 Å². The second kappa shape index (κ2) is 4.26. The third kappa shape index (κ3) is 2.82. The lowest BCUT2D eigenvalue weighted by atomic mass is 10.3. The third-order valence-corrected chi connectivity index (χ3v) is 2.00. The van der Waals surface area contributed by atoms with Crippen LogP contribution in [0.4, 0.5) is 0 Å². The fourth-order valence-electron chi connectivity index (χ4n) is 0.846. The van der Waals surface area contributed by atoms with E-state index in [9.17, 15) is 0 Å². The Kier molecular flexibility index (Phi) is 3.26. The largest absolute Gasteiger partial charge is 0.316 e. The average molecular weight is 168 g/mol. The molecule has 11 heavy (non-hydrogen) atoms. The van der Waals surface area contributed by atoms with Crippen molar-refractivity contribution in [2.75, 3.05) is 13.6 Å². The highest BCUT2D eigenvalue weighted by Gasteiger charge is 1.90. The van der Waals surface area contributed by atoms with Crippen LogP contribution in [0.1, 0.15) is 11.9 Å². The Labute approximate surface area is 71.0 Å². The molecule has 1 aromatic rings. The lowest BCUT2D eigenvalue weighted by Gasteiger charge is -1.96. The highest BCUT2D eigenvalue weighted by Crippen LogP contribution is 2.08. The molecular weight excluding hydrogens is 156 g/mol. The number of likely N-dealkylation sites (N-methyl/N-ethyl adjacent to an activating group) is 1. The number of nitrogens with one attached hydrogen (secondary N) is 1. The van der Waals surface area contributed by atoms with Gasteiger partial charge >= 0.3 is 0 Å². The maximum Gasteiger partial charge on any atom is 0.115 e. The standard InChI is InChI=1S/C8H12N2S/c1-7(6-9-2)5-8-10-3-4-11-8/h3-5,9H,6H2,1-2H3/b7-5+. The fourth-order valence-corrected chi connectivity index (χ4v) is 1.50. The van der Waals surface area contributed by atoms with Gasteiger partial charge in [-0.05, 0) is 20.0 Å². The molecule has 0 unspecified atom stereocenters. The van der Waals surface area contributed by atoms with Crippen LogP contribution in [-0.2, 0) is 0 Å². The van der Waals surface area contributed by atoms with Crippen molar-refractivity contribution in [1.29, 1.82) is 0 Å². The summed E-state index contributed by atoms with van der Waals surface area (Å²) in [7, 11) is 1.94. The van der Waals surface area contributed by atoms with E-state index in [1.165, 1.54) is 5.57 Å². The zero-order valence-electron chi connectivity index (χ0n) is 6.79. The Morgan fingerprint density at radius 3 is 3.18 bits per heavy atom. The van der Waals surface area contributed by atoms with E-state index >= 15 is 0 Å². The predicted molar refractivity (Wildman–Crippen MR) is 49.7 cm³/mol. The van der Waals surface area contributed by atoms with E-state index in [4.69, 9.17) is 0 Å². The molecule has 1 rings (SSSR count). The minimum absolute atomic E-state index is 0.930. The van der Waals surface area contributed by atoms with Crippen LogP contribution in [0.3, 0.4) is 0 Å². The minimum atomic E-state index is 0.930. The molecule has 1 heterocycles. The van der Waals surface area contributed by atoms with Gasteiger partial charge in [0.25, 0.3) is 0 Å². The molecule has 1 aromatic heterocycles. The summed E-state index contributed by atoms with van der Waals surface area (Å²) in [6.45, 7) is 3.03. The molecule has 0 aromatic carbocycles.